The van der Waals surface area contributed by atoms with Crippen molar-refractivity contribution in [3.63, 3.8) is 0 Å². The third kappa shape index (κ3) is 4.71. The van der Waals surface area contributed by atoms with E-state index in [0.717, 1.165) is 28.4 Å². The average molecular weight is 383 g/mol. The van der Waals surface area contributed by atoms with Crippen LogP contribution >= 0.6 is 23.5 Å². The molecule has 0 atom stereocenters. The zero-order valence-electron chi connectivity index (χ0n) is 11.9. The minimum atomic E-state index is -4.37. The molecule has 0 saturated carbocycles. The Morgan fingerprint density at radius 1 is 1.19 bits per heavy atom. The van der Waals surface area contributed by atoms with Crippen molar-refractivity contribution in [1.29, 1.82) is 0 Å². The van der Waals surface area contributed by atoms with Gasteiger partial charge in [-0.1, -0.05) is 54.1 Å². The molecular weight excluding hydrogens is 365 g/mol. The van der Waals surface area contributed by atoms with E-state index >= 15 is 0 Å². The van der Waals surface area contributed by atoms with Crippen LogP contribution < -0.4 is 0 Å². The molecule has 0 aliphatic heterocycles. The molecular formula is C14H18BrF2O3P. The smallest absolute Gasteiger partial charge is 0.254 e. The highest BCUT2D eigenvalue weighted by atomic mass is 79.9. The molecule has 118 valence electrons. The molecule has 0 bridgehead atoms. The lowest BCUT2D eigenvalue weighted by molar-refractivity contribution is -0.0881. The molecule has 1 aromatic rings. The SMILES string of the molecule is CCc1c(/C=C/CBr)ccc(CP(=O)(OF)OF)c1CC. The second-order valence-corrected chi connectivity index (χ2v) is 6.90. The third-order valence-electron chi connectivity index (χ3n) is 3.23. The van der Waals surface area contributed by atoms with Crippen LogP contribution in [0.1, 0.15) is 36.1 Å². The van der Waals surface area contributed by atoms with E-state index in [-0.39, 0.29) is 0 Å². The summed E-state index contributed by atoms with van der Waals surface area (Å²) in [5.41, 5.74) is 3.60. The van der Waals surface area contributed by atoms with Crippen molar-refractivity contribution < 1.29 is 23.1 Å². The van der Waals surface area contributed by atoms with Gasteiger partial charge in [0.25, 0.3) is 0 Å². The predicted octanol–water partition coefficient (Wildman–Crippen LogP) is 5.71. The molecule has 0 aliphatic rings. The Balaban J connectivity index is 3.29. The van der Waals surface area contributed by atoms with E-state index in [1.807, 2.05) is 32.1 Å². The molecule has 0 saturated heterocycles. The molecule has 0 aromatic heterocycles. The number of allylic oxidation sites excluding steroid dienone is 1. The van der Waals surface area contributed by atoms with Gasteiger partial charge in [0.15, 0.2) is 0 Å². The first-order valence-corrected chi connectivity index (χ1v) is 9.46. The Bertz CT molecular complexity index is 541. The third-order valence-corrected chi connectivity index (χ3v) is 4.75. The summed E-state index contributed by atoms with van der Waals surface area (Å²) in [5.74, 6) is 0. The quantitative estimate of drug-likeness (QED) is 0.426. The van der Waals surface area contributed by atoms with Crippen molar-refractivity contribution in [1.82, 2.24) is 0 Å². The zero-order chi connectivity index (χ0) is 15.9. The van der Waals surface area contributed by atoms with Gasteiger partial charge in [-0.05, 0) is 44.1 Å². The highest BCUT2D eigenvalue weighted by Gasteiger charge is 2.29. The molecule has 0 spiro atoms. The zero-order valence-corrected chi connectivity index (χ0v) is 14.4. The van der Waals surface area contributed by atoms with Crippen LogP contribution in [-0.4, -0.2) is 5.33 Å². The van der Waals surface area contributed by atoms with E-state index in [2.05, 4.69) is 25.4 Å². The molecule has 1 aromatic carbocycles. The molecule has 0 aliphatic carbocycles. The number of alkyl halides is 1. The molecule has 7 heteroatoms. The summed E-state index contributed by atoms with van der Waals surface area (Å²) in [6.07, 6.45) is 4.93. The van der Waals surface area contributed by atoms with E-state index in [1.165, 1.54) is 0 Å². The van der Waals surface area contributed by atoms with E-state index in [9.17, 15) is 13.6 Å². The van der Waals surface area contributed by atoms with Gasteiger partial charge in [0.1, 0.15) is 0 Å². The Labute approximate surface area is 131 Å². The molecule has 21 heavy (non-hydrogen) atoms. The van der Waals surface area contributed by atoms with Gasteiger partial charge in [-0.2, -0.15) is 0 Å². The van der Waals surface area contributed by atoms with Crippen LogP contribution in [0.25, 0.3) is 6.08 Å². The van der Waals surface area contributed by atoms with Crippen molar-refractivity contribution in [3.8, 4) is 0 Å². The van der Waals surface area contributed by atoms with Crippen molar-refractivity contribution in [2.75, 3.05) is 5.33 Å². The summed E-state index contributed by atoms with van der Waals surface area (Å²) in [6.45, 7) is 3.94. The Morgan fingerprint density at radius 3 is 2.29 bits per heavy atom. The van der Waals surface area contributed by atoms with Gasteiger partial charge in [0, 0.05) is 5.33 Å². The second-order valence-electron chi connectivity index (χ2n) is 4.44. The summed E-state index contributed by atoms with van der Waals surface area (Å²) in [5, 5.41) is 0.736. The van der Waals surface area contributed by atoms with Crippen LogP contribution in [0.4, 0.5) is 9.05 Å². The first kappa shape index (κ1) is 18.5. The number of hydrogen-bond donors (Lipinski definition) is 0. The Kier molecular flexibility index (Phi) is 7.74. The fourth-order valence-electron chi connectivity index (χ4n) is 2.36. The van der Waals surface area contributed by atoms with E-state index in [1.54, 1.807) is 6.07 Å². The molecule has 1 rings (SSSR count). The summed E-state index contributed by atoms with van der Waals surface area (Å²) in [7, 11) is -4.37. The first-order valence-electron chi connectivity index (χ1n) is 6.61. The number of rotatable bonds is 8. The highest BCUT2D eigenvalue weighted by molar-refractivity contribution is 9.09. The lowest BCUT2D eigenvalue weighted by atomic mass is 9.93. The topological polar surface area (TPSA) is 35.5 Å². The molecule has 0 N–H and O–H groups in total. The number of benzene rings is 1. The van der Waals surface area contributed by atoms with Crippen LogP contribution in [0, 0.1) is 0 Å². The van der Waals surface area contributed by atoms with Crippen molar-refractivity contribution in [2.45, 2.75) is 32.9 Å². The fourth-order valence-corrected chi connectivity index (χ4v) is 3.38. The lowest BCUT2D eigenvalue weighted by Gasteiger charge is -2.16. The largest absolute Gasteiger partial charge is 0.399 e. The van der Waals surface area contributed by atoms with Crippen molar-refractivity contribution in [3.05, 3.63) is 40.5 Å². The second kappa shape index (κ2) is 8.79. The summed E-state index contributed by atoms with van der Waals surface area (Å²) >= 11 is 3.32. The minimum Gasteiger partial charge on any atom is -0.254 e. The van der Waals surface area contributed by atoms with Crippen LogP contribution in [0.15, 0.2) is 18.2 Å². The van der Waals surface area contributed by atoms with Crippen LogP contribution in [0.5, 0.6) is 0 Å². The number of halogens is 3. The van der Waals surface area contributed by atoms with Gasteiger partial charge in [0.2, 0.25) is 0 Å². The minimum absolute atomic E-state index is 0.432. The van der Waals surface area contributed by atoms with Crippen LogP contribution in [0.2, 0.25) is 0 Å². The molecule has 0 unspecified atom stereocenters. The molecule has 3 nitrogen and oxygen atoms in total. The Morgan fingerprint density at radius 2 is 1.81 bits per heavy atom. The predicted molar refractivity (Wildman–Crippen MR) is 83.7 cm³/mol. The maximum absolute atomic E-state index is 12.2. The fraction of sp³-hybridized carbons (Fsp3) is 0.429. The van der Waals surface area contributed by atoms with Gasteiger partial charge in [0.05, 0.1) is 6.16 Å². The van der Waals surface area contributed by atoms with Gasteiger partial charge in [-0.3, -0.25) is 4.57 Å². The van der Waals surface area contributed by atoms with Crippen molar-refractivity contribution >= 4 is 29.6 Å². The highest BCUT2D eigenvalue weighted by Crippen LogP contribution is 2.52. The van der Waals surface area contributed by atoms with Crippen LogP contribution in [0.3, 0.4) is 0 Å². The standard InChI is InChI=1S/C14H18BrF2O3P/c1-3-13-11(6-5-9-15)7-8-12(14(13)4-2)10-21(18,19-16)20-17/h5-8H,3-4,9-10H2,1-2H3/b6-5+. The monoisotopic (exact) mass is 382 g/mol. The lowest BCUT2D eigenvalue weighted by Crippen LogP contribution is -2.02. The van der Waals surface area contributed by atoms with Gasteiger partial charge >= 0.3 is 7.60 Å². The van der Waals surface area contributed by atoms with E-state index < -0.39 is 13.8 Å². The van der Waals surface area contributed by atoms with E-state index in [4.69, 9.17) is 0 Å². The maximum Gasteiger partial charge on any atom is 0.399 e. The Hall–Kier alpha value is -0.550. The van der Waals surface area contributed by atoms with Gasteiger partial charge in [-0.15, -0.1) is 9.46 Å². The van der Waals surface area contributed by atoms with Gasteiger partial charge in [-0.25, -0.2) is 0 Å². The van der Waals surface area contributed by atoms with Crippen LogP contribution in [-0.2, 0) is 33.0 Å². The summed E-state index contributed by atoms with van der Waals surface area (Å²) in [6, 6.07) is 3.55. The van der Waals surface area contributed by atoms with E-state index in [0.29, 0.717) is 12.0 Å². The maximum atomic E-state index is 12.2. The first-order chi connectivity index (χ1) is 10.0. The normalized spacial score (nSPS) is 12.2. The summed E-state index contributed by atoms with van der Waals surface area (Å²) < 4.78 is 42.5. The average Bonchev–Trinajstić information content (AvgIpc) is 2.52. The molecule has 0 fully saturated rings. The molecule has 0 amide bonds. The van der Waals surface area contributed by atoms with Crippen molar-refractivity contribution in [2.24, 2.45) is 0 Å². The number of hydrogen-bond acceptors (Lipinski definition) is 3. The van der Waals surface area contributed by atoms with Gasteiger partial charge < -0.3 is 0 Å². The summed E-state index contributed by atoms with van der Waals surface area (Å²) in [4.78, 5) is 0. The molecule has 0 radical (unpaired) electrons. The molecule has 0 heterocycles.